The zero-order chi connectivity index (χ0) is 32.2. The fourth-order valence-electron chi connectivity index (χ4n) is 7.54. The van der Waals surface area contributed by atoms with Crippen molar-refractivity contribution in [3.63, 3.8) is 0 Å². The minimum Gasteiger partial charge on any atom is -0.309 e. The highest BCUT2D eigenvalue weighted by atomic mass is 15.0. The molecule has 5 saturated carbocycles. The molecule has 4 bridgehead atoms. The Balaban J connectivity index is -0.000000516. The summed E-state index contributed by atoms with van der Waals surface area (Å²) in [4.78, 5) is 0. The average Bonchev–Trinajstić information content (AvgIpc) is 3.47. The van der Waals surface area contributed by atoms with Crippen molar-refractivity contribution in [1.82, 2.24) is 16.0 Å². The van der Waals surface area contributed by atoms with Crippen LogP contribution in [0, 0.1) is 29.1 Å². The standard InChI is InChI=1S/C12H23N.C11H21N.C11H25N.2C2H6.2CH4/c1-12(2,3)13-11-8-9-4-6-10(11)7-5-9;1-11(2,3)12-10-7-8-4-5-9(10)6-8;1-8-9(10(2,3)4)12-11(5,6)7;2*1-2;;/h9-11,13H,4-8H2,1-3H3;8-10,12H,4-7H2,1-3H3;9,12H,8H2,1-7H3;2*1-2H3;2*1H4. The predicted octanol–water partition coefficient (Wildman–Crippen LogP) is 12.0. The van der Waals surface area contributed by atoms with Crippen molar-refractivity contribution in [1.29, 1.82) is 0 Å². The maximum Gasteiger partial charge on any atom is 0.0118 e. The van der Waals surface area contributed by atoms with Crippen LogP contribution >= 0.6 is 0 Å². The van der Waals surface area contributed by atoms with E-state index in [4.69, 9.17) is 0 Å². The fourth-order valence-corrected chi connectivity index (χ4v) is 7.54. The number of fused-ring (bicyclic) bond motifs is 5. The molecular formula is C40H89N3. The summed E-state index contributed by atoms with van der Waals surface area (Å²) in [5, 5.41) is 11.2. The molecular weight excluding hydrogens is 522 g/mol. The zero-order valence-electron chi connectivity index (χ0n) is 31.6. The number of nitrogens with one attached hydrogen (secondary N) is 3. The van der Waals surface area contributed by atoms with E-state index in [9.17, 15) is 0 Å². The highest BCUT2D eigenvalue weighted by Crippen LogP contribution is 2.45. The van der Waals surface area contributed by atoms with Crippen molar-refractivity contribution >= 4 is 0 Å². The summed E-state index contributed by atoms with van der Waals surface area (Å²) in [6.45, 7) is 37.5. The second-order valence-electron chi connectivity index (χ2n) is 17.4. The van der Waals surface area contributed by atoms with Crippen molar-refractivity contribution < 1.29 is 0 Å². The molecule has 0 aliphatic heterocycles. The Hall–Kier alpha value is -0.120. The van der Waals surface area contributed by atoms with Gasteiger partial charge in [-0.2, -0.15) is 0 Å². The van der Waals surface area contributed by atoms with E-state index in [1.807, 2.05) is 27.7 Å². The van der Waals surface area contributed by atoms with Crippen LogP contribution < -0.4 is 16.0 Å². The van der Waals surface area contributed by atoms with Crippen molar-refractivity contribution in [3.05, 3.63) is 0 Å². The minimum atomic E-state index is 0. The SMILES string of the molecule is C.C.CC.CC.CC(C)(C)NC1CC2CCC1C2.CC(C)(C)NC1CC2CCC1CC2.CCC(NC(C)(C)C)C(C)(C)C. The van der Waals surface area contributed by atoms with Crippen molar-refractivity contribution in [2.24, 2.45) is 29.1 Å². The van der Waals surface area contributed by atoms with E-state index >= 15 is 0 Å². The zero-order valence-corrected chi connectivity index (χ0v) is 31.6. The Morgan fingerprint density at radius 1 is 0.512 bits per heavy atom. The first-order valence-corrected chi connectivity index (χ1v) is 18.1. The van der Waals surface area contributed by atoms with Crippen LogP contribution in [0.5, 0.6) is 0 Å². The molecule has 264 valence electrons. The van der Waals surface area contributed by atoms with Gasteiger partial charge in [0.1, 0.15) is 0 Å². The van der Waals surface area contributed by atoms with Gasteiger partial charge in [-0.3, -0.25) is 0 Å². The highest BCUT2D eigenvalue weighted by molar-refractivity contribution is 4.96. The lowest BCUT2D eigenvalue weighted by Crippen LogP contribution is -2.51. The van der Waals surface area contributed by atoms with E-state index in [0.29, 0.717) is 22.5 Å². The van der Waals surface area contributed by atoms with E-state index in [1.165, 1.54) is 64.2 Å². The van der Waals surface area contributed by atoms with Crippen LogP contribution in [0.25, 0.3) is 0 Å². The molecule has 5 unspecified atom stereocenters. The smallest absolute Gasteiger partial charge is 0.0118 e. The Bertz CT molecular complexity index is 649. The van der Waals surface area contributed by atoms with Gasteiger partial charge in [0.05, 0.1) is 0 Å². The normalized spacial score (nSPS) is 28.1. The predicted molar refractivity (Wildman–Crippen MR) is 201 cm³/mol. The van der Waals surface area contributed by atoms with Gasteiger partial charge in [-0.25, -0.2) is 0 Å². The number of hydrogen-bond donors (Lipinski definition) is 3. The van der Waals surface area contributed by atoms with Gasteiger partial charge in [-0.05, 0) is 136 Å². The van der Waals surface area contributed by atoms with Gasteiger partial charge >= 0.3 is 0 Å². The first-order chi connectivity index (χ1) is 18.8. The maximum absolute atomic E-state index is 3.79. The molecule has 0 aromatic rings. The molecule has 5 fully saturated rings. The molecule has 5 aliphatic carbocycles. The van der Waals surface area contributed by atoms with Gasteiger partial charge in [0.2, 0.25) is 0 Å². The van der Waals surface area contributed by atoms with E-state index in [-0.39, 0.29) is 20.4 Å². The minimum absolute atomic E-state index is 0. The Labute approximate surface area is 276 Å². The van der Waals surface area contributed by atoms with E-state index in [1.54, 1.807) is 0 Å². The van der Waals surface area contributed by atoms with E-state index < -0.39 is 0 Å². The summed E-state index contributed by atoms with van der Waals surface area (Å²) in [7, 11) is 0. The van der Waals surface area contributed by atoms with Crippen molar-refractivity contribution in [2.45, 2.75) is 232 Å². The second kappa shape index (κ2) is 20.9. The van der Waals surface area contributed by atoms with Crippen LogP contribution in [0.15, 0.2) is 0 Å². The lowest BCUT2D eigenvalue weighted by Gasteiger charge is -2.45. The largest absolute Gasteiger partial charge is 0.309 e. The first kappa shape index (κ1) is 47.3. The lowest BCUT2D eigenvalue weighted by atomic mass is 9.67. The van der Waals surface area contributed by atoms with Crippen LogP contribution in [-0.4, -0.2) is 34.7 Å². The monoisotopic (exact) mass is 612 g/mol. The number of hydrogen-bond acceptors (Lipinski definition) is 3. The van der Waals surface area contributed by atoms with Crippen LogP contribution in [0.1, 0.15) is 197 Å². The Morgan fingerprint density at radius 2 is 0.884 bits per heavy atom. The third kappa shape index (κ3) is 19.9. The van der Waals surface area contributed by atoms with Gasteiger partial charge in [0.25, 0.3) is 0 Å². The molecule has 5 rings (SSSR count). The molecule has 5 atom stereocenters. The van der Waals surface area contributed by atoms with E-state index in [0.717, 1.165) is 35.8 Å². The summed E-state index contributed by atoms with van der Waals surface area (Å²) >= 11 is 0. The number of rotatable bonds is 4. The lowest BCUT2D eigenvalue weighted by molar-refractivity contribution is 0.106. The third-order valence-corrected chi connectivity index (χ3v) is 9.08. The van der Waals surface area contributed by atoms with Gasteiger partial charge < -0.3 is 16.0 Å². The maximum atomic E-state index is 3.79. The van der Waals surface area contributed by atoms with Gasteiger partial charge in [-0.1, -0.05) is 89.5 Å². The van der Waals surface area contributed by atoms with Crippen molar-refractivity contribution in [2.75, 3.05) is 0 Å². The summed E-state index contributed by atoms with van der Waals surface area (Å²) in [5.41, 5.74) is 1.22. The summed E-state index contributed by atoms with van der Waals surface area (Å²) in [5.74, 6) is 4.11. The van der Waals surface area contributed by atoms with Gasteiger partial charge in [-0.15, -0.1) is 0 Å². The van der Waals surface area contributed by atoms with Crippen molar-refractivity contribution in [3.8, 4) is 0 Å². The molecule has 0 radical (unpaired) electrons. The van der Waals surface area contributed by atoms with Crippen LogP contribution in [0.4, 0.5) is 0 Å². The molecule has 3 heteroatoms. The molecule has 0 aromatic heterocycles. The molecule has 0 amide bonds. The summed E-state index contributed by atoms with van der Waals surface area (Å²) in [6.07, 6.45) is 14.6. The van der Waals surface area contributed by atoms with Crippen LogP contribution in [-0.2, 0) is 0 Å². The Kier molecular flexibility index (Phi) is 23.0. The first-order valence-electron chi connectivity index (χ1n) is 18.1. The average molecular weight is 612 g/mol. The molecule has 3 N–H and O–H groups in total. The van der Waals surface area contributed by atoms with Crippen LogP contribution in [0.2, 0.25) is 0 Å². The summed E-state index contributed by atoms with van der Waals surface area (Å²) in [6, 6.07) is 2.27. The molecule has 0 saturated heterocycles. The molecule has 0 heterocycles. The van der Waals surface area contributed by atoms with Gasteiger partial charge in [0, 0.05) is 34.7 Å². The Morgan fingerprint density at radius 3 is 1.12 bits per heavy atom. The third-order valence-electron chi connectivity index (χ3n) is 9.08. The quantitative estimate of drug-likeness (QED) is 0.296. The second-order valence-corrected chi connectivity index (χ2v) is 17.4. The fraction of sp³-hybridized carbons (Fsp3) is 1.00. The topological polar surface area (TPSA) is 36.1 Å². The van der Waals surface area contributed by atoms with Gasteiger partial charge in [0.15, 0.2) is 0 Å². The molecule has 3 nitrogen and oxygen atoms in total. The highest BCUT2D eigenvalue weighted by Gasteiger charge is 2.40. The van der Waals surface area contributed by atoms with Crippen LogP contribution in [0.3, 0.4) is 0 Å². The molecule has 5 aliphatic rings. The van der Waals surface area contributed by atoms with E-state index in [2.05, 4.69) is 106 Å². The summed E-state index contributed by atoms with van der Waals surface area (Å²) < 4.78 is 0. The molecule has 0 aromatic carbocycles. The molecule has 43 heavy (non-hydrogen) atoms. The molecule has 0 spiro atoms.